The van der Waals surface area contributed by atoms with Crippen LogP contribution in [0.2, 0.25) is 0 Å². The van der Waals surface area contributed by atoms with Gasteiger partial charge in [-0.05, 0) is 12.5 Å². The van der Waals surface area contributed by atoms with Gasteiger partial charge < -0.3 is 5.32 Å². The van der Waals surface area contributed by atoms with Crippen molar-refractivity contribution in [3.05, 3.63) is 64.7 Å². The molecular weight excluding hydrogens is 342 g/mol. The van der Waals surface area contributed by atoms with Gasteiger partial charge >= 0.3 is 0 Å². The average molecular weight is 359 g/mol. The highest BCUT2D eigenvalue weighted by atomic mass is 32.2. The normalized spacial score (nSPS) is 13.3. The molecular formula is C18H17NO5S. The Morgan fingerprint density at radius 1 is 0.920 bits per heavy atom. The number of nitrogens with one attached hydrogen (secondary N) is 1. The molecule has 0 atom stereocenters. The zero-order valence-corrected chi connectivity index (χ0v) is 14.4. The summed E-state index contributed by atoms with van der Waals surface area (Å²) in [6.45, 7) is 0.464. The highest BCUT2D eigenvalue weighted by molar-refractivity contribution is 7.85. The van der Waals surface area contributed by atoms with E-state index < -0.39 is 10.1 Å². The molecule has 7 heteroatoms. The number of fused-ring (bicyclic) bond motifs is 2. The van der Waals surface area contributed by atoms with Crippen LogP contribution in [0.5, 0.6) is 0 Å². The molecule has 1 aliphatic rings. The third kappa shape index (κ3) is 3.62. The van der Waals surface area contributed by atoms with Crippen LogP contribution in [-0.4, -0.2) is 39.4 Å². The molecule has 0 saturated heterocycles. The summed E-state index contributed by atoms with van der Waals surface area (Å²) in [6, 6.07) is 11.9. The fraction of sp³-hybridized carbons (Fsp3) is 0.222. The molecule has 0 spiro atoms. The van der Waals surface area contributed by atoms with Gasteiger partial charge in [0.05, 0.1) is 18.4 Å². The second kappa shape index (κ2) is 6.78. The Bertz CT molecular complexity index is 950. The molecule has 0 fully saturated rings. The Balaban J connectivity index is 1.80. The molecule has 25 heavy (non-hydrogen) atoms. The van der Waals surface area contributed by atoms with Gasteiger partial charge in [0, 0.05) is 28.9 Å². The van der Waals surface area contributed by atoms with Crippen LogP contribution >= 0.6 is 0 Å². The van der Waals surface area contributed by atoms with Gasteiger partial charge in [0.15, 0.2) is 11.6 Å². The van der Waals surface area contributed by atoms with Crippen LogP contribution in [0, 0.1) is 0 Å². The third-order valence-electron chi connectivity index (χ3n) is 3.89. The van der Waals surface area contributed by atoms with Crippen molar-refractivity contribution in [1.29, 1.82) is 0 Å². The fourth-order valence-corrected chi connectivity index (χ4v) is 3.22. The van der Waals surface area contributed by atoms with Crippen LogP contribution in [0.4, 0.5) is 5.69 Å². The van der Waals surface area contributed by atoms with E-state index in [-0.39, 0.29) is 18.2 Å². The number of carbonyl (C=O) groups is 2. The molecule has 0 aliphatic heterocycles. The lowest BCUT2D eigenvalue weighted by Crippen LogP contribution is -2.22. The van der Waals surface area contributed by atoms with Crippen molar-refractivity contribution in [2.45, 2.75) is 6.42 Å². The Kier molecular flexibility index (Phi) is 4.69. The molecule has 0 radical (unpaired) electrons. The monoisotopic (exact) mass is 359 g/mol. The van der Waals surface area contributed by atoms with Crippen molar-refractivity contribution >= 4 is 27.4 Å². The molecule has 1 N–H and O–H groups in total. The standard InChI is InChI=1S/C18H17NO5S/c1-25(22,23)24-11-5-10-19-15-9-4-8-14-16(15)18(21)13-7-3-2-6-12(13)17(14)20/h2-4,6-9,19H,5,10-11H2,1H3. The number of hydrogen-bond donors (Lipinski definition) is 1. The molecule has 0 amide bonds. The Labute approximate surface area is 145 Å². The molecule has 1 aliphatic carbocycles. The van der Waals surface area contributed by atoms with Crippen molar-refractivity contribution in [1.82, 2.24) is 0 Å². The first-order valence-corrected chi connectivity index (χ1v) is 9.60. The van der Waals surface area contributed by atoms with Crippen LogP contribution in [0.3, 0.4) is 0 Å². The van der Waals surface area contributed by atoms with Crippen LogP contribution in [0.25, 0.3) is 0 Å². The molecule has 0 aromatic heterocycles. The van der Waals surface area contributed by atoms with Crippen molar-refractivity contribution in [3.8, 4) is 0 Å². The van der Waals surface area contributed by atoms with Gasteiger partial charge in [-0.1, -0.05) is 36.4 Å². The highest BCUT2D eigenvalue weighted by Gasteiger charge is 2.31. The number of hydrogen-bond acceptors (Lipinski definition) is 6. The Morgan fingerprint density at radius 2 is 1.56 bits per heavy atom. The van der Waals surface area contributed by atoms with E-state index in [4.69, 9.17) is 0 Å². The summed E-state index contributed by atoms with van der Waals surface area (Å²) in [5.41, 5.74) is 2.11. The van der Waals surface area contributed by atoms with Crippen molar-refractivity contribution in [3.63, 3.8) is 0 Å². The maximum Gasteiger partial charge on any atom is 0.264 e. The second-order valence-corrected chi connectivity index (χ2v) is 7.38. The van der Waals surface area contributed by atoms with E-state index >= 15 is 0 Å². The fourth-order valence-electron chi connectivity index (χ4n) is 2.80. The predicted octanol–water partition coefficient (Wildman–Crippen LogP) is 2.24. The molecule has 6 nitrogen and oxygen atoms in total. The van der Waals surface area contributed by atoms with E-state index in [2.05, 4.69) is 9.50 Å². The lowest BCUT2D eigenvalue weighted by Gasteiger charge is -2.20. The molecule has 2 aromatic carbocycles. The molecule has 0 heterocycles. The smallest absolute Gasteiger partial charge is 0.264 e. The van der Waals surface area contributed by atoms with Gasteiger partial charge in [0.1, 0.15) is 0 Å². The van der Waals surface area contributed by atoms with Crippen molar-refractivity contribution in [2.75, 3.05) is 24.7 Å². The summed E-state index contributed by atoms with van der Waals surface area (Å²) < 4.78 is 26.5. The van der Waals surface area contributed by atoms with Gasteiger partial charge in [0.25, 0.3) is 10.1 Å². The zero-order valence-electron chi connectivity index (χ0n) is 13.6. The minimum atomic E-state index is -3.46. The molecule has 2 aromatic rings. The van der Waals surface area contributed by atoms with Gasteiger partial charge in [-0.2, -0.15) is 8.42 Å². The van der Waals surface area contributed by atoms with E-state index in [0.29, 0.717) is 40.9 Å². The minimum absolute atomic E-state index is 0.0522. The lowest BCUT2D eigenvalue weighted by atomic mass is 9.83. The number of anilines is 1. The van der Waals surface area contributed by atoms with Gasteiger partial charge in [-0.3, -0.25) is 13.8 Å². The highest BCUT2D eigenvalue weighted by Crippen LogP contribution is 2.31. The lowest BCUT2D eigenvalue weighted by molar-refractivity contribution is 0.0979. The molecule has 0 saturated carbocycles. The number of ketones is 2. The number of carbonyl (C=O) groups excluding carboxylic acids is 2. The summed E-state index contributed by atoms with van der Waals surface area (Å²) in [7, 11) is -3.46. The number of benzene rings is 2. The summed E-state index contributed by atoms with van der Waals surface area (Å²) >= 11 is 0. The van der Waals surface area contributed by atoms with E-state index in [1.807, 2.05) is 0 Å². The van der Waals surface area contributed by atoms with Crippen LogP contribution in [0.1, 0.15) is 38.3 Å². The van der Waals surface area contributed by atoms with Crippen LogP contribution in [-0.2, 0) is 14.3 Å². The maximum absolute atomic E-state index is 12.8. The molecule has 0 bridgehead atoms. The summed E-state index contributed by atoms with van der Waals surface area (Å²) in [4.78, 5) is 25.4. The third-order valence-corrected chi connectivity index (χ3v) is 4.48. The summed E-state index contributed by atoms with van der Waals surface area (Å²) in [6.07, 6.45) is 1.44. The molecule has 3 rings (SSSR count). The minimum Gasteiger partial charge on any atom is -0.384 e. The first-order chi connectivity index (χ1) is 11.9. The van der Waals surface area contributed by atoms with E-state index in [1.54, 1.807) is 42.5 Å². The molecule has 130 valence electrons. The summed E-state index contributed by atoms with van der Waals surface area (Å²) in [5, 5.41) is 3.09. The zero-order chi connectivity index (χ0) is 18.0. The number of rotatable bonds is 6. The van der Waals surface area contributed by atoms with Gasteiger partial charge in [-0.25, -0.2) is 0 Å². The molecule has 0 unspecified atom stereocenters. The van der Waals surface area contributed by atoms with Crippen LogP contribution in [0.15, 0.2) is 42.5 Å². The van der Waals surface area contributed by atoms with E-state index in [9.17, 15) is 18.0 Å². The van der Waals surface area contributed by atoms with Crippen molar-refractivity contribution in [2.24, 2.45) is 0 Å². The first-order valence-electron chi connectivity index (χ1n) is 7.78. The second-order valence-electron chi connectivity index (χ2n) is 5.74. The quantitative estimate of drug-likeness (QED) is 0.536. The van der Waals surface area contributed by atoms with Gasteiger partial charge in [-0.15, -0.1) is 0 Å². The predicted molar refractivity (Wildman–Crippen MR) is 93.7 cm³/mol. The average Bonchev–Trinajstić information content (AvgIpc) is 2.58. The maximum atomic E-state index is 12.8. The van der Waals surface area contributed by atoms with Crippen LogP contribution < -0.4 is 5.32 Å². The SMILES string of the molecule is CS(=O)(=O)OCCCNc1cccc2c1C(=O)c1ccccc1C2=O. The Hall–Kier alpha value is -2.51. The first kappa shape index (κ1) is 17.3. The van der Waals surface area contributed by atoms with Gasteiger partial charge in [0.2, 0.25) is 0 Å². The Morgan fingerprint density at radius 3 is 2.24 bits per heavy atom. The van der Waals surface area contributed by atoms with E-state index in [1.165, 1.54) is 0 Å². The van der Waals surface area contributed by atoms with E-state index in [0.717, 1.165) is 6.26 Å². The topological polar surface area (TPSA) is 89.5 Å². The largest absolute Gasteiger partial charge is 0.384 e. The van der Waals surface area contributed by atoms with Crippen molar-refractivity contribution < 1.29 is 22.2 Å². The summed E-state index contributed by atoms with van der Waals surface area (Å²) in [5.74, 6) is -0.366.